The SMILES string of the molecule is CCCN(CCC)C(=O)[C@@H](NC(C)=O)[C@H]1CC(C(=O)O)C[C@@H]1N=C(N)N. The number of aliphatic carboxylic acids is 1. The van der Waals surface area contributed by atoms with Crippen LogP contribution >= 0.6 is 0 Å². The number of nitrogens with two attached hydrogens (primary N) is 2. The quantitative estimate of drug-likeness (QED) is 0.329. The van der Waals surface area contributed by atoms with Crippen LogP contribution < -0.4 is 16.8 Å². The lowest BCUT2D eigenvalue weighted by molar-refractivity contribution is -0.142. The molecule has 1 aliphatic carbocycles. The van der Waals surface area contributed by atoms with Crippen LogP contribution in [-0.2, 0) is 14.4 Å². The summed E-state index contributed by atoms with van der Waals surface area (Å²) >= 11 is 0. The number of hydrogen-bond acceptors (Lipinski definition) is 4. The fourth-order valence-electron chi connectivity index (χ4n) is 3.59. The van der Waals surface area contributed by atoms with Gasteiger partial charge in [0.2, 0.25) is 11.8 Å². The average molecular weight is 369 g/mol. The minimum Gasteiger partial charge on any atom is -0.481 e. The van der Waals surface area contributed by atoms with Crippen molar-refractivity contribution in [2.75, 3.05) is 13.1 Å². The van der Waals surface area contributed by atoms with Gasteiger partial charge in [-0.3, -0.25) is 14.4 Å². The summed E-state index contributed by atoms with van der Waals surface area (Å²) in [4.78, 5) is 42.1. The number of nitrogens with one attached hydrogen (secondary N) is 1. The molecule has 0 saturated heterocycles. The van der Waals surface area contributed by atoms with Gasteiger partial charge in [0.25, 0.3) is 0 Å². The second-order valence-corrected chi connectivity index (χ2v) is 6.80. The zero-order valence-electron chi connectivity index (χ0n) is 15.8. The number of guanidine groups is 1. The summed E-state index contributed by atoms with van der Waals surface area (Å²) in [5, 5.41) is 12.1. The normalized spacial score (nSPS) is 23.1. The van der Waals surface area contributed by atoms with E-state index in [1.54, 1.807) is 4.90 Å². The first kappa shape index (κ1) is 21.7. The highest BCUT2D eigenvalue weighted by atomic mass is 16.4. The van der Waals surface area contributed by atoms with Crippen LogP contribution in [-0.4, -0.2) is 58.9 Å². The van der Waals surface area contributed by atoms with Crippen LogP contribution in [0, 0.1) is 11.8 Å². The molecule has 1 unspecified atom stereocenters. The number of carboxylic acid groups (broad SMARTS) is 1. The third-order valence-electron chi connectivity index (χ3n) is 4.59. The van der Waals surface area contributed by atoms with Gasteiger partial charge in [0, 0.05) is 25.9 Å². The molecule has 1 fully saturated rings. The largest absolute Gasteiger partial charge is 0.481 e. The zero-order chi connectivity index (χ0) is 19.9. The molecule has 0 radical (unpaired) electrons. The first-order valence-corrected chi connectivity index (χ1v) is 9.08. The van der Waals surface area contributed by atoms with Crippen molar-refractivity contribution in [3.05, 3.63) is 0 Å². The van der Waals surface area contributed by atoms with E-state index in [1.165, 1.54) is 6.92 Å². The molecule has 0 spiro atoms. The number of rotatable bonds is 9. The number of hydrogen-bond donors (Lipinski definition) is 4. The molecule has 2 amide bonds. The molecule has 1 aliphatic rings. The van der Waals surface area contributed by atoms with Gasteiger partial charge in [-0.15, -0.1) is 0 Å². The lowest BCUT2D eigenvalue weighted by Crippen LogP contribution is -2.53. The predicted molar refractivity (Wildman–Crippen MR) is 98.2 cm³/mol. The van der Waals surface area contributed by atoms with E-state index in [0.717, 1.165) is 12.8 Å². The molecule has 0 aromatic heterocycles. The van der Waals surface area contributed by atoms with Crippen molar-refractivity contribution in [3.63, 3.8) is 0 Å². The predicted octanol–water partition coefficient (Wildman–Crippen LogP) is -0.107. The summed E-state index contributed by atoms with van der Waals surface area (Å²) in [7, 11) is 0. The van der Waals surface area contributed by atoms with Crippen molar-refractivity contribution in [3.8, 4) is 0 Å². The molecular weight excluding hydrogens is 338 g/mol. The van der Waals surface area contributed by atoms with Crippen molar-refractivity contribution in [2.45, 2.75) is 58.5 Å². The standard InChI is InChI=1S/C17H31N5O4/c1-4-6-22(7-5-2)15(24)14(20-10(3)23)12-8-11(16(25)26)9-13(12)21-17(18)19/h11-14H,4-9H2,1-3H3,(H,20,23)(H,25,26)(H4,18,19,21)/t11?,12-,13-,14-/m0/s1. The molecule has 0 aromatic rings. The Kier molecular flexibility index (Phi) is 8.34. The molecule has 4 atom stereocenters. The van der Waals surface area contributed by atoms with Crippen LogP contribution in [0.2, 0.25) is 0 Å². The lowest BCUT2D eigenvalue weighted by atomic mass is 9.92. The van der Waals surface area contributed by atoms with Crippen LogP contribution in [0.4, 0.5) is 0 Å². The third kappa shape index (κ3) is 5.89. The zero-order valence-corrected chi connectivity index (χ0v) is 15.8. The van der Waals surface area contributed by atoms with Crippen molar-refractivity contribution in [1.82, 2.24) is 10.2 Å². The van der Waals surface area contributed by atoms with Gasteiger partial charge in [-0.1, -0.05) is 13.8 Å². The van der Waals surface area contributed by atoms with Gasteiger partial charge in [-0.05, 0) is 25.7 Å². The second kappa shape index (κ2) is 9.98. The molecular formula is C17H31N5O4. The molecule has 0 aliphatic heterocycles. The lowest BCUT2D eigenvalue weighted by Gasteiger charge is -2.32. The van der Waals surface area contributed by atoms with Crippen molar-refractivity contribution in [2.24, 2.45) is 28.3 Å². The van der Waals surface area contributed by atoms with E-state index in [1.807, 2.05) is 13.8 Å². The third-order valence-corrected chi connectivity index (χ3v) is 4.59. The molecule has 26 heavy (non-hydrogen) atoms. The summed E-state index contributed by atoms with van der Waals surface area (Å²) in [5.74, 6) is -2.78. The smallest absolute Gasteiger partial charge is 0.306 e. The molecule has 0 heterocycles. The molecule has 0 aromatic carbocycles. The number of carboxylic acids is 1. The molecule has 9 heteroatoms. The minimum absolute atomic E-state index is 0.154. The Balaban J connectivity index is 3.18. The maximum Gasteiger partial charge on any atom is 0.306 e. The van der Waals surface area contributed by atoms with Crippen LogP contribution in [0.25, 0.3) is 0 Å². The molecule has 148 valence electrons. The topological polar surface area (TPSA) is 151 Å². The highest BCUT2D eigenvalue weighted by molar-refractivity contribution is 5.87. The molecule has 9 nitrogen and oxygen atoms in total. The number of carbonyl (C=O) groups excluding carboxylic acids is 2. The maximum atomic E-state index is 13.1. The fourth-order valence-corrected chi connectivity index (χ4v) is 3.59. The molecule has 6 N–H and O–H groups in total. The van der Waals surface area contributed by atoms with Gasteiger partial charge >= 0.3 is 5.97 Å². The Labute approximate surface area is 154 Å². The van der Waals surface area contributed by atoms with Crippen molar-refractivity contribution >= 4 is 23.7 Å². The highest BCUT2D eigenvalue weighted by Crippen LogP contribution is 2.36. The monoisotopic (exact) mass is 369 g/mol. The molecule has 0 bridgehead atoms. The van der Waals surface area contributed by atoms with E-state index in [2.05, 4.69) is 10.3 Å². The van der Waals surface area contributed by atoms with Gasteiger partial charge in [0.05, 0.1) is 12.0 Å². The summed E-state index contributed by atoms with van der Waals surface area (Å²) in [6.45, 7) is 6.43. The van der Waals surface area contributed by atoms with Crippen molar-refractivity contribution < 1.29 is 19.5 Å². The Morgan fingerprint density at radius 1 is 1.19 bits per heavy atom. The summed E-state index contributed by atoms with van der Waals surface area (Å²) < 4.78 is 0. The maximum absolute atomic E-state index is 13.1. The van der Waals surface area contributed by atoms with Gasteiger partial charge < -0.3 is 26.8 Å². The van der Waals surface area contributed by atoms with Gasteiger partial charge in [-0.2, -0.15) is 0 Å². The van der Waals surface area contributed by atoms with E-state index in [-0.39, 0.29) is 30.6 Å². The van der Waals surface area contributed by atoms with Gasteiger partial charge in [0.1, 0.15) is 6.04 Å². The molecule has 1 saturated carbocycles. The van der Waals surface area contributed by atoms with Crippen LogP contribution in [0.15, 0.2) is 4.99 Å². The Hall–Kier alpha value is -2.32. The average Bonchev–Trinajstić information content (AvgIpc) is 2.94. The van der Waals surface area contributed by atoms with Gasteiger partial charge in [0.15, 0.2) is 5.96 Å². The van der Waals surface area contributed by atoms with Crippen LogP contribution in [0.5, 0.6) is 0 Å². The Morgan fingerprint density at radius 3 is 2.19 bits per heavy atom. The Morgan fingerprint density at radius 2 is 1.77 bits per heavy atom. The molecule has 1 rings (SSSR count). The van der Waals surface area contributed by atoms with E-state index >= 15 is 0 Å². The summed E-state index contributed by atoms with van der Waals surface area (Å²) in [5.41, 5.74) is 11.0. The highest BCUT2D eigenvalue weighted by Gasteiger charge is 2.45. The first-order valence-electron chi connectivity index (χ1n) is 9.08. The number of nitrogens with zero attached hydrogens (tertiary/aromatic N) is 2. The van der Waals surface area contributed by atoms with Crippen molar-refractivity contribution in [1.29, 1.82) is 0 Å². The number of amides is 2. The first-order chi connectivity index (χ1) is 12.2. The minimum atomic E-state index is -0.948. The van der Waals surface area contributed by atoms with E-state index in [4.69, 9.17) is 11.5 Å². The van der Waals surface area contributed by atoms with E-state index in [0.29, 0.717) is 13.1 Å². The Bertz CT molecular complexity index is 541. The summed E-state index contributed by atoms with van der Waals surface area (Å²) in [6.07, 6.45) is 2.05. The fraction of sp³-hybridized carbons (Fsp3) is 0.765. The number of carbonyl (C=O) groups is 3. The van der Waals surface area contributed by atoms with E-state index < -0.39 is 29.9 Å². The summed E-state index contributed by atoms with van der Waals surface area (Å²) in [6, 6.07) is -1.37. The van der Waals surface area contributed by atoms with Crippen LogP contribution in [0.3, 0.4) is 0 Å². The van der Waals surface area contributed by atoms with Gasteiger partial charge in [-0.25, -0.2) is 4.99 Å². The number of aliphatic imine (C=N–C) groups is 1. The van der Waals surface area contributed by atoms with Crippen LogP contribution in [0.1, 0.15) is 46.5 Å². The van der Waals surface area contributed by atoms with E-state index in [9.17, 15) is 19.5 Å². The second-order valence-electron chi connectivity index (χ2n) is 6.80.